The van der Waals surface area contributed by atoms with Gasteiger partial charge in [0.25, 0.3) is 0 Å². The number of nitriles is 1. The van der Waals surface area contributed by atoms with Gasteiger partial charge >= 0.3 is 5.97 Å². The van der Waals surface area contributed by atoms with E-state index in [-0.39, 0.29) is 18.3 Å². The van der Waals surface area contributed by atoms with Crippen molar-refractivity contribution in [2.45, 2.75) is 19.3 Å². The first-order chi connectivity index (χ1) is 11.7. The second-order valence-corrected chi connectivity index (χ2v) is 5.56. The molecule has 3 rings (SSSR count). The lowest BCUT2D eigenvalue weighted by Crippen LogP contribution is -2.12. The summed E-state index contributed by atoms with van der Waals surface area (Å²) in [5.74, 6) is -0.394. The molecule has 3 aromatic rings. The van der Waals surface area contributed by atoms with Crippen molar-refractivity contribution in [3.63, 3.8) is 0 Å². The molecule has 0 aliphatic carbocycles. The monoisotopic (exact) mass is 318 g/mol. The van der Waals surface area contributed by atoms with Crippen LogP contribution in [0.25, 0.3) is 10.9 Å². The van der Waals surface area contributed by atoms with Crippen molar-refractivity contribution in [1.82, 2.24) is 4.98 Å². The van der Waals surface area contributed by atoms with E-state index in [1.807, 2.05) is 48.5 Å². The molecule has 0 aliphatic rings. The van der Waals surface area contributed by atoms with E-state index in [9.17, 15) is 10.1 Å². The van der Waals surface area contributed by atoms with Crippen LogP contribution < -0.4 is 0 Å². The highest BCUT2D eigenvalue weighted by Gasteiger charge is 2.22. The third-order valence-electron chi connectivity index (χ3n) is 4.11. The van der Waals surface area contributed by atoms with E-state index in [1.54, 1.807) is 13.1 Å². The zero-order valence-electron chi connectivity index (χ0n) is 13.5. The second-order valence-electron chi connectivity index (χ2n) is 5.56. The van der Waals surface area contributed by atoms with Crippen LogP contribution in [0, 0.1) is 11.3 Å². The highest BCUT2D eigenvalue weighted by molar-refractivity contribution is 5.90. The number of nitrogens with one attached hydrogen (secondary N) is 1. The molecule has 1 aromatic heterocycles. The number of hydrogen-bond donors (Lipinski definition) is 1. The molecule has 0 spiro atoms. The summed E-state index contributed by atoms with van der Waals surface area (Å²) in [5.41, 5.74) is 3.48. The minimum absolute atomic E-state index is 0.156. The quantitative estimate of drug-likeness (QED) is 0.719. The van der Waals surface area contributed by atoms with Gasteiger partial charge in [-0.05, 0) is 24.1 Å². The van der Waals surface area contributed by atoms with Crippen molar-refractivity contribution in [3.05, 3.63) is 71.4 Å². The molecule has 0 bridgehead atoms. The van der Waals surface area contributed by atoms with Crippen molar-refractivity contribution in [2.24, 2.45) is 0 Å². The third kappa shape index (κ3) is 3.02. The van der Waals surface area contributed by atoms with Crippen LogP contribution in [0.15, 0.2) is 54.7 Å². The summed E-state index contributed by atoms with van der Waals surface area (Å²) in [7, 11) is 0. The highest BCUT2D eigenvalue weighted by atomic mass is 16.5. The van der Waals surface area contributed by atoms with Gasteiger partial charge < -0.3 is 9.72 Å². The summed E-state index contributed by atoms with van der Waals surface area (Å²) in [6, 6.07) is 17.9. The lowest BCUT2D eigenvalue weighted by Gasteiger charge is -2.18. The predicted molar refractivity (Wildman–Crippen MR) is 92.5 cm³/mol. The molecule has 0 aliphatic heterocycles. The summed E-state index contributed by atoms with van der Waals surface area (Å²) in [5, 5.41) is 10.3. The average molecular weight is 318 g/mol. The molecule has 1 N–H and O–H groups in total. The predicted octanol–water partition coefficient (Wildman–Crippen LogP) is 4.12. The fourth-order valence-corrected chi connectivity index (χ4v) is 3.07. The van der Waals surface area contributed by atoms with Crippen molar-refractivity contribution >= 4 is 16.9 Å². The Kier molecular flexibility index (Phi) is 4.62. The van der Waals surface area contributed by atoms with E-state index in [1.165, 1.54) is 0 Å². The van der Waals surface area contributed by atoms with E-state index in [0.717, 1.165) is 22.0 Å². The van der Waals surface area contributed by atoms with Crippen molar-refractivity contribution < 1.29 is 9.53 Å². The van der Waals surface area contributed by atoms with Crippen LogP contribution in [0.2, 0.25) is 0 Å². The van der Waals surface area contributed by atoms with Gasteiger partial charge in [0.1, 0.15) is 6.07 Å². The van der Waals surface area contributed by atoms with E-state index >= 15 is 0 Å². The summed E-state index contributed by atoms with van der Waals surface area (Å²) in [4.78, 5) is 15.3. The first-order valence-corrected chi connectivity index (χ1v) is 7.95. The Bertz CT molecular complexity index is 891. The molecule has 0 radical (unpaired) electrons. The molecular formula is C20H18N2O2. The average Bonchev–Trinajstić information content (AvgIpc) is 3.04. The van der Waals surface area contributed by atoms with Crippen LogP contribution in [0.1, 0.15) is 36.0 Å². The Morgan fingerprint density at radius 3 is 2.71 bits per heavy atom. The maximum absolute atomic E-state index is 12.1. The molecule has 4 heteroatoms. The zero-order valence-corrected chi connectivity index (χ0v) is 13.5. The van der Waals surface area contributed by atoms with Crippen LogP contribution in [0.5, 0.6) is 0 Å². The molecule has 0 saturated carbocycles. The van der Waals surface area contributed by atoms with Gasteiger partial charge in [-0.3, -0.25) is 4.79 Å². The molecular weight excluding hydrogens is 300 g/mol. The van der Waals surface area contributed by atoms with Gasteiger partial charge in [0.15, 0.2) is 0 Å². The summed E-state index contributed by atoms with van der Waals surface area (Å²) < 4.78 is 5.15. The summed E-state index contributed by atoms with van der Waals surface area (Å²) in [6.07, 6.45) is 1.95. The van der Waals surface area contributed by atoms with Gasteiger partial charge in [0.05, 0.1) is 18.6 Å². The first-order valence-electron chi connectivity index (χ1n) is 7.95. The Morgan fingerprint density at radius 1 is 1.21 bits per heavy atom. The van der Waals surface area contributed by atoms with E-state index in [2.05, 4.69) is 11.1 Å². The molecule has 0 saturated heterocycles. The normalized spacial score (nSPS) is 11.8. The van der Waals surface area contributed by atoms with E-state index in [4.69, 9.17) is 4.74 Å². The number of carbonyl (C=O) groups is 1. The Hall–Kier alpha value is -3.06. The lowest BCUT2D eigenvalue weighted by atomic mass is 9.86. The minimum atomic E-state index is -0.239. The van der Waals surface area contributed by atoms with Crippen molar-refractivity contribution in [3.8, 4) is 6.07 Å². The number of H-pyrrole nitrogens is 1. The summed E-state index contributed by atoms with van der Waals surface area (Å²) >= 11 is 0. The molecule has 24 heavy (non-hydrogen) atoms. The molecule has 0 fully saturated rings. The number of benzene rings is 2. The molecule has 1 atom stereocenters. The number of hydrogen-bond acceptors (Lipinski definition) is 3. The molecule has 1 heterocycles. The van der Waals surface area contributed by atoms with Crippen LogP contribution in [-0.4, -0.2) is 17.6 Å². The van der Waals surface area contributed by atoms with Crippen molar-refractivity contribution in [2.75, 3.05) is 6.61 Å². The number of fused-ring (bicyclic) bond motifs is 1. The second kappa shape index (κ2) is 7.01. The maximum Gasteiger partial charge on any atom is 0.306 e. The van der Waals surface area contributed by atoms with Gasteiger partial charge in [0, 0.05) is 23.0 Å². The number of nitrogens with zero attached hydrogens (tertiary/aromatic N) is 1. The standard InChI is InChI=1S/C20H18N2O2/c1-2-24-19(23)11-17(14-7-4-3-5-8-14)16-9-6-10-18-20(16)15(12-21)13-22-18/h3-10,13,17,22H,2,11H2,1H3. The maximum atomic E-state index is 12.1. The Balaban J connectivity index is 2.14. The molecule has 2 aromatic carbocycles. The van der Waals surface area contributed by atoms with Crippen LogP contribution >= 0.6 is 0 Å². The van der Waals surface area contributed by atoms with Crippen molar-refractivity contribution in [1.29, 1.82) is 5.26 Å². The molecule has 1 unspecified atom stereocenters. The van der Waals surface area contributed by atoms with Gasteiger partial charge in [0.2, 0.25) is 0 Å². The number of ether oxygens (including phenoxy) is 1. The number of aromatic nitrogens is 1. The van der Waals surface area contributed by atoms with Gasteiger partial charge in [-0.2, -0.15) is 5.26 Å². The van der Waals surface area contributed by atoms with Crippen LogP contribution in [0.4, 0.5) is 0 Å². The lowest BCUT2D eigenvalue weighted by molar-refractivity contribution is -0.143. The van der Waals surface area contributed by atoms with E-state index in [0.29, 0.717) is 12.2 Å². The molecule has 4 nitrogen and oxygen atoms in total. The third-order valence-corrected chi connectivity index (χ3v) is 4.11. The first kappa shape index (κ1) is 15.8. The summed E-state index contributed by atoms with van der Waals surface area (Å²) in [6.45, 7) is 2.16. The number of carbonyl (C=O) groups excluding carboxylic acids is 1. The Morgan fingerprint density at radius 2 is 2.00 bits per heavy atom. The zero-order chi connectivity index (χ0) is 16.9. The van der Waals surface area contributed by atoms with Gasteiger partial charge in [-0.1, -0.05) is 42.5 Å². The van der Waals surface area contributed by atoms with Crippen LogP contribution in [0.3, 0.4) is 0 Å². The van der Waals surface area contributed by atoms with Crippen LogP contribution in [-0.2, 0) is 9.53 Å². The SMILES string of the molecule is CCOC(=O)CC(c1ccccc1)c1cccc2[nH]cc(C#N)c12. The topological polar surface area (TPSA) is 65.9 Å². The number of esters is 1. The fraction of sp³-hybridized carbons (Fsp3) is 0.200. The Labute approximate surface area is 140 Å². The molecule has 0 amide bonds. The number of rotatable bonds is 5. The molecule has 120 valence electrons. The smallest absolute Gasteiger partial charge is 0.306 e. The van der Waals surface area contributed by atoms with E-state index < -0.39 is 0 Å². The van der Waals surface area contributed by atoms with Gasteiger partial charge in [-0.15, -0.1) is 0 Å². The largest absolute Gasteiger partial charge is 0.466 e. The van der Waals surface area contributed by atoms with Gasteiger partial charge in [-0.25, -0.2) is 0 Å². The number of aromatic amines is 1. The fourth-order valence-electron chi connectivity index (χ4n) is 3.07. The highest BCUT2D eigenvalue weighted by Crippen LogP contribution is 2.35. The minimum Gasteiger partial charge on any atom is -0.466 e.